The van der Waals surface area contributed by atoms with E-state index >= 15 is 0 Å². The maximum Gasteiger partial charge on any atom is 0.273 e. The van der Waals surface area contributed by atoms with E-state index in [1.54, 1.807) is 4.72 Å². The molecule has 0 saturated heterocycles. The molecule has 0 saturated carbocycles. The Morgan fingerprint density at radius 2 is 1.87 bits per heavy atom. The lowest BCUT2D eigenvalue weighted by Gasteiger charge is -2.14. The third kappa shape index (κ3) is 8.91. The summed E-state index contributed by atoms with van der Waals surface area (Å²) >= 11 is 0. The first kappa shape index (κ1) is 17.3. The third-order valence-corrected chi connectivity index (χ3v) is 2.81. The average molecular weight is 271 g/mol. The number of rotatable bonds is 7. The van der Waals surface area contributed by atoms with Crippen LogP contribution in [0.1, 0.15) is 6.42 Å². The summed E-state index contributed by atoms with van der Waals surface area (Å²) in [5, 5.41) is 0. The van der Waals surface area contributed by atoms with Gasteiger partial charge < -0.3 is 5.73 Å². The number of halogens is 4. The number of nitrogens with two attached hydrogens (primary N) is 1. The largest absolute Gasteiger partial charge is 0.325 e. The molecule has 0 aromatic heterocycles. The summed E-state index contributed by atoms with van der Waals surface area (Å²) in [6.45, 7) is -2.77. The van der Waals surface area contributed by atoms with Gasteiger partial charge in [0.15, 0.2) is 0 Å². The molecule has 94 valence electrons. The fraction of sp³-hybridized carbons (Fsp3) is 1.00. The quantitative estimate of drug-likeness (QED) is 0.698. The van der Waals surface area contributed by atoms with Gasteiger partial charge in [0.1, 0.15) is 0 Å². The van der Waals surface area contributed by atoms with Crippen molar-refractivity contribution in [3.63, 3.8) is 0 Å². The molecule has 0 radical (unpaired) electrons. The molecule has 0 heterocycles. The highest BCUT2D eigenvalue weighted by molar-refractivity contribution is 7.89. The lowest BCUT2D eigenvalue weighted by Crippen LogP contribution is -2.42. The van der Waals surface area contributed by atoms with E-state index in [1.165, 1.54) is 0 Å². The molecule has 0 aromatic rings. The second kappa shape index (κ2) is 7.26. The van der Waals surface area contributed by atoms with E-state index in [0.29, 0.717) is 0 Å². The normalized spacial score (nSPS) is 12.3. The fourth-order valence-corrected chi connectivity index (χ4v) is 1.67. The minimum atomic E-state index is -3.81. The molecule has 0 aromatic carbocycles. The van der Waals surface area contributed by atoms with E-state index in [9.17, 15) is 21.6 Å². The van der Waals surface area contributed by atoms with Crippen molar-refractivity contribution in [3.05, 3.63) is 0 Å². The van der Waals surface area contributed by atoms with Crippen molar-refractivity contribution in [2.75, 3.05) is 25.5 Å². The van der Waals surface area contributed by atoms with Gasteiger partial charge in [-0.15, -0.1) is 12.4 Å². The zero-order valence-electron chi connectivity index (χ0n) is 7.88. The maximum atomic E-state index is 12.5. The Bertz CT molecular complexity index is 261. The Morgan fingerprint density at radius 1 is 1.33 bits per heavy atom. The van der Waals surface area contributed by atoms with Gasteiger partial charge in [0.25, 0.3) is 5.92 Å². The van der Waals surface area contributed by atoms with Gasteiger partial charge in [-0.05, 0) is 6.42 Å². The van der Waals surface area contributed by atoms with Crippen LogP contribution in [0.15, 0.2) is 0 Å². The van der Waals surface area contributed by atoms with E-state index in [-0.39, 0.29) is 18.8 Å². The third-order valence-electron chi connectivity index (χ3n) is 1.40. The Morgan fingerprint density at radius 3 is 2.27 bits per heavy atom. The molecule has 4 nitrogen and oxygen atoms in total. The van der Waals surface area contributed by atoms with Crippen LogP contribution >= 0.6 is 12.4 Å². The van der Waals surface area contributed by atoms with Gasteiger partial charge in [-0.2, -0.15) is 0 Å². The Balaban J connectivity index is 0. The number of hydrogen-bond donors (Lipinski definition) is 2. The molecule has 0 spiro atoms. The minimum absolute atomic E-state index is 0. The summed E-state index contributed by atoms with van der Waals surface area (Å²) in [5.74, 6) is -3.76. The lowest BCUT2D eigenvalue weighted by molar-refractivity contribution is 0.0170. The molecule has 9 heteroatoms. The van der Waals surface area contributed by atoms with Crippen LogP contribution in [0, 0.1) is 0 Å². The number of alkyl halides is 3. The van der Waals surface area contributed by atoms with Crippen LogP contribution < -0.4 is 10.5 Å². The van der Waals surface area contributed by atoms with Crippen LogP contribution in [-0.4, -0.2) is 39.9 Å². The first-order valence-electron chi connectivity index (χ1n) is 3.94. The van der Waals surface area contributed by atoms with Gasteiger partial charge in [-0.3, -0.25) is 4.39 Å². The molecule has 0 unspecified atom stereocenters. The fourth-order valence-electron chi connectivity index (χ4n) is 0.604. The van der Waals surface area contributed by atoms with Crippen molar-refractivity contribution < 1.29 is 21.6 Å². The summed E-state index contributed by atoms with van der Waals surface area (Å²) in [6.07, 6.45) is -0.205. The molecule has 0 bridgehead atoms. The summed E-state index contributed by atoms with van der Waals surface area (Å²) in [7, 11) is -3.81. The van der Waals surface area contributed by atoms with E-state index < -0.39 is 41.5 Å². The average Bonchev–Trinajstić information content (AvgIpc) is 2.12. The van der Waals surface area contributed by atoms with Crippen LogP contribution in [0.25, 0.3) is 0 Å². The van der Waals surface area contributed by atoms with Gasteiger partial charge in [0.2, 0.25) is 10.0 Å². The van der Waals surface area contributed by atoms with Gasteiger partial charge in [-0.1, -0.05) is 0 Å². The van der Waals surface area contributed by atoms with Gasteiger partial charge in [0.05, 0.1) is 25.5 Å². The highest BCUT2D eigenvalue weighted by Crippen LogP contribution is 2.09. The molecule has 15 heavy (non-hydrogen) atoms. The molecule has 0 aliphatic heterocycles. The van der Waals surface area contributed by atoms with Crippen molar-refractivity contribution >= 4 is 22.4 Å². The van der Waals surface area contributed by atoms with Gasteiger partial charge in [-0.25, -0.2) is 21.9 Å². The Kier molecular flexibility index (Phi) is 8.40. The van der Waals surface area contributed by atoms with E-state index in [4.69, 9.17) is 5.73 Å². The van der Waals surface area contributed by atoms with Crippen LogP contribution in [-0.2, 0) is 10.0 Å². The van der Waals surface area contributed by atoms with Crippen LogP contribution in [0.5, 0.6) is 0 Å². The van der Waals surface area contributed by atoms with Crippen LogP contribution in [0.3, 0.4) is 0 Å². The molecule has 3 N–H and O–H groups in total. The second-order valence-electron chi connectivity index (χ2n) is 2.74. The van der Waals surface area contributed by atoms with E-state index in [2.05, 4.69) is 0 Å². The standard InChI is InChI=1S/C6H13F3N2O2S.ClH/c7-2-1-3-14(12,13)11-5-6(8,9)4-10;/h11H,1-5,10H2;1H. The van der Waals surface area contributed by atoms with Gasteiger partial charge >= 0.3 is 0 Å². The van der Waals surface area contributed by atoms with Crippen molar-refractivity contribution in [1.82, 2.24) is 4.72 Å². The van der Waals surface area contributed by atoms with E-state index in [0.717, 1.165) is 0 Å². The molecule has 0 amide bonds. The summed E-state index contributed by atoms with van der Waals surface area (Å²) < 4.78 is 60.0. The zero-order chi connectivity index (χ0) is 11.2. The smallest absolute Gasteiger partial charge is 0.273 e. The summed E-state index contributed by atoms with van der Waals surface area (Å²) in [6, 6.07) is 0. The predicted octanol–water partition coefficient (Wildman–Crippen LogP) is 0.281. The second-order valence-corrected chi connectivity index (χ2v) is 4.67. The highest BCUT2D eigenvalue weighted by atomic mass is 35.5. The summed E-state index contributed by atoms with van der Waals surface area (Å²) in [5.41, 5.74) is 4.69. The molecule has 0 rings (SSSR count). The van der Waals surface area contributed by atoms with Crippen LogP contribution in [0.4, 0.5) is 13.2 Å². The topological polar surface area (TPSA) is 72.2 Å². The van der Waals surface area contributed by atoms with Crippen molar-refractivity contribution in [2.24, 2.45) is 5.73 Å². The minimum Gasteiger partial charge on any atom is -0.325 e. The van der Waals surface area contributed by atoms with Crippen molar-refractivity contribution in [3.8, 4) is 0 Å². The Labute approximate surface area is 92.9 Å². The van der Waals surface area contributed by atoms with Crippen molar-refractivity contribution in [2.45, 2.75) is 12.3 Å². The molecular weight excluding hydrogens is 257 g/mol. The zero-order valence-corrected chi connectivity index (χ0v) is 9.51. The molecule has 0 fully saturated rings. The lowest BCUT2D eigenvalue weighted by atomic mass is 10.3. The number of hydrogen-bond acceptors (Lipinski definition) is 3. The first-order chi connectivity index (χ1) is 6.33. The maximum absolute atomic E-state index is 12.5. The molecule has 0 atom stereocenters. The highest BCUT2D eigenvalue weighted by Gasteiger charge is 2.28. The molecule has 0 aliphatic carbocycles. The molecule has 0 aliphatic rings. The summed E-state index contributed by atoms with van der Waals surface area (Å²) in [4.78, 5) is 0. The monoisotopic (exact) mass is 270 g/mol. The SMILES string of the molecule is Cl.NCC(F)(F)CNS(=O)(=O)CCCF. The van der Waals surface area contributed by atoms with Gasteiger partial charge in [0, 0.05) is 0 Å². The van der Waals surface area contributed by atoms with Crippen LogP contribution in [0.2, 0.25) is 0 Å². The van der Waals surface area contributed by atoms with E-state index in [1.807, 2.05) is 0 Å². The van der Waals surface area contributed by atoms with Crippen molar-refractivity contribution in [1.29, 1.82) is 0 Å². The molecular formula is C6H14ClF3N2O2S. The predicted molar refractivity (Wildman–Crippen MR) is 53.6 cm³/mol. The number of nitrogens with one attached hydrogen (secondary N) is 1. The number of sulfonamides is 1. The first-order valence-corrected chi connectivity index (χ1v) is 5.59. The Hall–Kier alpha value is -0.0500.